The average molecular weight is 212 g/mol. The van der Waals surface area contributed by atoms with Crippen LogP contribution >= 0.6 is 0 Å². The monoisotopic (exact) mass is 212 g/mol. The van der Waals surface area contributed by atoms with Crippen molar-refractivity contribution in [1.29, 1.82) is 0 Å². The molecule has 0 nitrogen and oxygen atoms in total. The lowest BCUT2D eigenvalue weighted by atomic mass is 9.68. The van der Waals surface area contributed by atoms with Crippen molar-refractivity contribution >= 4 is 0 Å². The van der Waals surface area contributed by atoms with E-state index in [-0.39, 0.29) is 0 Å². The van der Waals surface area contributed by atoms with Crippen LogP contribution in [0.15, 0.2) is 0 Å². The van der Waals surface area contributed by atoms with Crippen LogP contribution in [0, 0.1) is 29.6 Å². The summed E-state index contributed by atoms with van der Waals surface area (Å²) in [6, 6.07) is 0. The molecule has 0 amide bonds. The smallest absolute Gasteiger partial charge is 0.0332 e. The minimum atomic E-state index is 0.836. The minimum Gasteiger partial charge on any atom is -0.0651 e. The second kappa shape index (κ2) is 7.30. The van der Waals surface area contributed by atoms with Gasteiger partial charge in [0.1, 0.15) is 0 Å². The highest BCUT2D eigenvalue weighted by Crippen LogP contribution is 2.38. The standard InChI is InChI=1S/C15H32/c1-8-12(6)15(13(7)9-2)14(10-3)11(4)5/h11-15H,8-10H2,1-7H3. The summed E-state index contributed by atoms with van der Waals surface area (Å²) in [6.45, 7) is 16.7. The van der Waals surface area contributed by atoms with Gasteiger partial charge < -0.3 is 0 Å². The van der Waals surface area contributed by atoms with Crippen molar-refractivity contribution in [2.45, 2.75) is 67.7 Å². The topological polar surface area (TPSA) is 0 Å². The van der Waals surface area contributed by atoms with Gasteiger partial charge in [0.05, 0.1) is 0 Å². The van der Waals surface area contributed by atoms with Gasteiger partial charge in [0.15, 0.2) is 0 Å². The van der Waals surface area contributed by atoms with Gasteiger partial charge in [-0.3, -0.25) is 0 Å². The van der Waals surface area contributed by atoms with E-state index in [9.17, 15) is 0 Å². The molecule has 0 aliphatic rings. The Kier molecular flexibility index (Phi) is 7.30. The van der Waals surface area contributed by atoms with E-state index in [0.717, 1.165) is 29.6 Å². The molecular weight excluding hydrogens is 180 g/mol. The summed E-state index contributed by atoms with van der Waals surface area (Å²) in [7, 11) is 0. The third-order valence-corrected chi connectivity index (χ3v) is 4.42. The van der Waals surface area contributed by atoms with Gasteiger partial charge in [-0.15, -0.1) is 0 Å². The molecule has 3 atom stereocenters. The first-order chi connectivity index (χ1) is 6.99. The van der Waals surface area contributed by atoms with Gasteiger partial charge in [0, 0.05) is 0 Å². The van der Waals surface area contributed by atoms with Crippen LogP contribution in [0.3, 0.4) is 0 Å². The first-order valence-electron chi connectivity index (χ1n) is 6.99. The maximum Gasteiger partial charge on any atom is -0.0332 e. The summed E-state index contributed by atoms with van der Waals surface area (Å²) >= 11 is 0. The first kappa shape index (κ1) is 15.0. The fourth-order valence-electron chi connectivity index (χ4n) is 3.14. The van der Waals surface area contributed by atoms with Crippen molar-refractivity contribution in [2.24, 2.45) is 29.6 Å². The first-order valence-corrected chi connectivity index (χ1v) is 6.99. The Hall–Kier alpha value is 0. The molecule has 0 spiro atoms. The van der Waals surface area contributed by atoms with E-state index in [0.29, 0.717) is 0 Å². The molecule has 0 aromatic rings. The van der Waals surface area contributed by atoms with Crippen molar-refractivity contribution in [1.82, 2.24) is 0 Å². The molecule has 3 unspecified atom stereocenters. The lowest BCUT2D eigenvalue weighted by Gasteiger charge is -2.37. The van der Waals surface area contributed by atoms with Gasteiger partial charge in [0.25, 0.3) is 0 Å². The van der Waals surface area contributed by atoms with Crippen molar-refractivity contribution < 1.29 is 0 Å². The molecule has 0 heteroatoms. The van der Waals surface area contributed by atoms with E-state index in [4.69, 9.17) is 0 Å². The number of rotatable bonds is 7. The zero-order valence-electron chi connectivity index (χ0n) is 12.0. The van der Waals surface area contributed by atoms with Crippen molar-refractivity contribution in [3.8, 4) is 0 Å². The van der Waals surface area contributed by atoms with E-state index in [1.165, 1.54) is 19.3 Å². The molecule has 0 rings (SSSR count). The minimum absolute atomic E-state index is 0.836. The summed E-state index contributed by atoms with van der Waals surface area (Å²) in [4.78, 5) is 0. The van der Waals surface area contributed by atoms with Crippen LogP contribution in [0.2, 0.25) is 0 Å². The highest BCUT2D eigenvalue weighted by molar-refractivity contribution is 4.79. The lowest BCUT2D eigenvalue weighted by molar-refractivity contribution is 0.116. The molecule has 0 aromatic heterocycles. The molecule has 0 aliphatic heterocycles. The van der Waals surface area contributed by atoms with Crippen molar-refractivity contribution in [2.75, 3.05) is 0 Å². The molecule has 0 radical (unpaired) electrons. The maximum atomic E-state index is 2.45. The molecule has 0 aliphatic carbocycles. The Morgan fingerprint density at radius 1 is 0.667 bits per heavy atom. The molecule has 0 heterocycles. The van der Waals surface area contributed by atoms with Crippen molar-refractivity contribution in [3.05, 3.63) is 0 Å². The van der Waals surface area contributed by atoms with E-state index < -0.39 is 0 Å². The second-order valence-electron chi connectivity index (χ2n) is 5.66. The quantitative estimate of drug-likeness (QED) is 0.531. The molecule has 0 bridgehead atoms. The van der Waals surface area contributed by atoms with Crippen LogP contribution in [0.4, 0.5) is 0 Å². The Bertz CT molecular complexity index is 138. The second-order valence-corrected chi connectivity index (χ2v) is 5.66. The van der Waals surface area contributed by atoms with Gasteiger partial charge in [0.2, 0.25) is 0 Å². The van der Waals surface area contributed by atoms with Crippen molar-refractivity contribution in [3.63, 3.8) is 0 Å². The predicted molar refractivity (Wildman–Crippen MR) is 71.0 cm³/mol. The van der Waals surface area contributed by atoms with E-state index in [1.807, 2.05) is 0 Å². The molecule has 0 N–H and O–H groups in total. The Morgan fingerprint density at radius 3 is 1.27 bits per heavy atom. The van der Waals surface area contributed by atoms with Gasteiger partial charge in [-0.2, -0.15) is 0 Å². The van der Waals surface area contributed by atoms with Crippen LogP contribution in [-0.4, -0.2) is 0 Å². The average Bonchev–Trinajstić information content (AvgIpc) is 2.23. The lowest BCUT2D eigenvalue weighted by Crippen LogP contribution is -2.30. The molecule has 92 valence electrons. The van der Waals surface area contributed by atoms with E-state index in [2.05, 4.69) is 48.5 Å². The Labute approximate surface area is 97.8 Å². The highest BCUT2D eigenvalue weighted by Gasteiger charge is 2.30. The Morgan fingerprint density at radius 2 is 1.07 bits per heavy atom. The van der Waals surface area contributed by atoms with Crippen LogP contribution in [0.25, 0.3) is 0 Å². The van der Waals surface area contributed by atoms with E-state index in [1.54, 1.807) is 0 Å². The van der Waals surface area contributed by atoms with Crippen LogP contribution in [0.5, 0.6) is 0 Å². The fourth-order valence-corrected chi connectivity index (χ4v) is 3.14. The zero-order valence-corrected chi connectivity index (χ0v) is 12.0. The third-order valence-electron chi connectivity index (χ3n) is 4.42. The molecular formula is C15H32. The zero-order chi connectivity index (χ0) is 12.0. The SMILES string of the molecule is CCC(C)C(C(C)CC)C(CC)C(C)C. The number of hydrogen-bond donors (Lipinski definition) is 0. The van der Waals surface area contributed by atoms with Crippen LogP contribution < -0.4 is 0 Å². The van der Waals surface area contributed by atoms with Crippen LogP contribution in [-0.2, 0) is 0 Å². The number of hydrogen-bond acceptors (Lipinski definition) is 0. The normalized spacial score (nSPS) is 20.0. The van der Waals surface area contributed by atoms with Gasteiger partial charge in [-0.05, 0) is 29.6 Å². The summed E-state index contributed by atoms with van der Waals surface area (Å²) < 4.78 is 0. The summed E-state index contributed by atoms with van der Waals surface area (Å²) in [5.74, 6) is 4.43. The molecule has 0 fully saturated rings. The largest absolute Gasteiger partial charge is 0.0651 e. The summed E-state index contributed by atoms with van der Waals surface area (Å²) in [5.41, 5.74) is 0. The predicted octanol–water partition coefficient (Wildman–Crippen LogP) is 5.38. The van der Waals surface area contributed by atoms with E-state index >= 15 is 0 Å². The summed E-state index contributed by atoms with van der Waals surface area (Å²) in [6.07, 6.45) is 4.01. The van der Waals surface area contributed by atoms with Gasteiger partial charge >= 0.3 is 0 Å². The van der Waals surface area contributed by atoms with Gasteiger partial charge in [-0.25, -0.2) is 0 Å². The molecule has 15 heavy (non-hydrogen) atoms. The maximum absolute atomic E-state index is 2.45. The van der Waals surface area contributed by atoms with Crippen LogP contribution in [0.1, 0.15) is 67.7 Å². The molecule has 0 saturated carbocycles. The fraction of sp³-hybridized carbons (Fsp3) is 1.00. The van der Waals surface area contributed by atoms with Gasteiger partial charge in [-0.1, -0.05) is 67.7 Å². The third kappa shape index (κ3) is 4.17. The highest BCUT2D eigenvalue weighted by atomic mass is 14.4. The molecule has 0 saturated heterocycles. The molecule has 0 aromatic carbocycles. The Balaban J connectivity index is 4.72. The summed E-state index contributed by atoms with van der Waals surface area (Å²) in [5, 5.41) is 0.